The van der Waals surface area contributed by atoms with Crippen LogP contribution in [-0.4, -0.2) is 36.4 Å². The summed E-state index contributed by atoms with van der Waals surface area (Å²) in [6.07, 6.45) is 0.586. The minimum atomic E-state index is -1.67. The molecule has 0 spiro atoms. The van der Waals surface area contributed by atoms with E-state index >= 15 is 0 Å². The van der Waals surface area contributed by atoms with E-state index in [1.807, 2.05) is 32.9 Å². The number of hydrogen-bond acceptors (Lipinski definition) is 3. The number of rotatable bonds is 8. The van der Waals surface area contributed by atoms with Crippen LogP contribution < -0.4 is 10.1 Å². The molecule has 0 fully saturated rings. The van der Waals surface area contributed by atoms with E-state index < -0.39 is 35.0 Å². The molecule has 0 aromatic heterocycles. The summed E-state index contributed by atoms with van der Waals surface area (Å²) in [7, 11) is 0. The first-order chi connectivity index (χ1) is 13.7. The zero-order valence-corrected chi connectivity index (χ0v) is 16.5. The van der Waals surface area contributed by atoms with Crippen molar-refractivity contribution in [3.05, 3.63) is 58.9 Å². The van der Waals surface area contributed by atoms with Crippen LogP contribution in [0.3, 0.4) is 0 Å². The third kappa shape index (κ3) is 5.97. The summed E-state index contributed by atoms with van der Waals surface area (Å²) in [5.41, 5.74) is 1.62. The predicted molar refractivity (Wildman–Crippen MR) is 103 cm³/mol. The first kappa shape index (κ1) is 22.3. The zero-order valence-electron chi connectivity index (χ0n) is 16.5. The maximum absolute atomic E-state index is 13.7. The highest BCUT2D eigenvalue weighted by atomic mass is 19.2. The quantitative estimate of drug-likeness (QED) is 0.673. The van der Waals surface area contributed by atoms with Crippen molar-refractivity contribution >= 4 is 17.5 Å². The van der Waals surface area contributed by atoms with Gasteiger partial charge in [-0.1, -0.05) is 13.0 Å². The van der Waals surface area contributed by atoms with Crippen molar-refractivity contribution in [3.8, 4) is 5.75 Å². The molecule has 0 radical (unpaired) electrons. The van der Waals surface area contributed by atoms with E-state index in [4.69, 9.17) is 4.74 Å². The van der Waals surface area contributed by atoms with E-state index in [0.717, 1.165) is 17.2 Å². The van der Waals surface area contributed by atoms with Gasteiger partial charge in [-0.3, -0.25) is 9.59 Å². The lowest BCUT2D eigenvalue weighted by molar-refractivity contribution is -0.136. The Balaban J connectivity index is 1.99. The SMILES string of the molecule is CCCN(CC(=O)Nc1ccc(F)c(F)c1F)C(=O)COc1ccc(C)c(C)c1. The van der Waals surface area contributed by atoms with Gasteiger partial charge >= 0.3 is 0 Å². The second-order valence-corrected chi connectivity index (χ2v) is 6.62. The Bertz CT molecular complexity index is 903. The number of ether oxygens (including phenoxy) is 1. The Hall–Kier alpha value is -3.03. The van der Waals surface area contributed by atoms with Crippen LogP contribution in [0, 0.1) is 31.3 Å². The zero-order chi connectivity index (χ0) is 21.6. The molecule has 0 heterocycles. The Morgan fingerprint density at radius 3 is 2.41 bits per heavy atom. The molecule has 2 aromatic carbocycles. The van der Waals surface area contributed by atoms with Gasteiger partial charge in [0.05, 0.1) is 12.2 Å². The number of aryl methyl sites for hydroxylation is 2. The molecule has 8 heteroatoms. The van der Waals surface area contributed by atoms with Crippen LogP contribution in [0.2, 0.25) is 0 Å². The van der Waals surface area contributed by atoms with E-state index in [2.05, 4.69) is 5.32 Å². The summed E-state index contributed by atoms with van der Waals surface area (Å²) in [5.74, 6) is -5.15. The van der Waals surface area contributed by atoms with Crippen molar-refractivity contribution in [2.75, 3.05) is 25.0 Å². The average Bonchev–Trinajstić information content (AvgIpc) is 2.68. The molecular weight excluding hydrogens is 385 g/mol. The third-order valence-corrected chi connectivity index (χ3v) is 4.33. The van der Waals surface area contributed by atoms with Gasteiger partial charge < -0.3 is 15.0 Å². The largest absolute Gasteiger partial charge is 0.484 e. The number of amides is 2. The molecule has 0 aliphatic carbocycles. The van der Waals surface area contributed by atoms with Gasteiger partial charge in [0.1, 0.15) is 5.75 Å². The highest BCUT2D eigenvalue weighted by Crippen LogP contribution is 2.20. The number of anilines is 1. The summed E-state index contributed by atoms with van der Waals surface area (Å²) >= 11 is 0. The fraction of sp³-hybridized carbons (Fsp3) is 0.333. The molecule has 0 aliphatic heterocycles. The van der Waals surface area contributed by atoms with E-state index in [1.165, 1.54) is 4.90 Å². The summed E-state index contributed by atoms with van der Waals surface area (Å²) < 4.78 is 45.5. The maximum atomic E-state index is 13.7. The fourth-order valence-electron chi connectivity index (χ4n) is 2.59. The van der Waals surface area contributed by atoms with E-state index in [-0.39, 0.29) is 19.7 Å². The minimum absolute atomic E-state index is 0.269. The number of benzene rings is 2. The van der Waals surface area contributed by atoms with Crippen LogP contribution in [-0.2, 0) is 9.59 Å². The molecule has 2 rings (SSSR count). The van der Waals surface area contributed by atoms with Gasteiger partial charge in [0.25, 0.3) is 5.91 Å². The fourth-order valence-corrected chi connectivity index (χ4v) is 2.59. The number of halogens is 3. The Kier molecular flexibility index (Phi) is 7.64. The average molecular weight is 408 g/mol. The standard InChI is InChI=1S/C21H23F3N2O3/c1-4-9-26(19(28)12-29-15-6-5-13(2)14(3)10-15)11-18(27)25-17-8-7-16(22)20(23)21(17)24/h5-8,10H,4,9,11-12H2,1-3H3,(H,25,27). The molecule has 29 heavy (non-hydrogen) atoms. The smallest absolute Gasteiger partial charge is 0.260 e. The molecule has 2 amide bonds. The molecule has 0 saturated carbocycles. The molecule has 156 valence electrons. The van der Waals surface area contributed by atoms with Crippen molar-refractivity contribution in [3.63, 3.8) is 0 Å². The molecule has 2 aromatic rings. The number of carbonyl (C=O) groups is 2. The first-order valence-electron chi connectivity index (χ1n) is 9.14. The van der Waals surface area contributed by atoms with E-state index in [9.17, 15) is 22.8 Å². The van der Waals surface area contributed by atoms with Gasteiger partial charge in [-0.05, 0) is 55.7 Å². The van der Waals surface area contributed by atoms with E-state index in [0.29, 0.717) is 18.2 Å². The number of hydrogen-bond donors (Lipinski definition) is 1. The van der Waals surface area contributed by atoms with Gasteiger partial charge in [-0.2, -0.15) is 0 Å². The van der Waals surface area contributed by atoms with Crippen molar-refractivity contribution in [1.29, 1.82) is 0 Å². The highest BCUT2D eigenvalue weighted by molar-refractivity contribution is 5.94. The van der Waals surface area contributed by atoms with Gasteiger partial charge in [-0.15, -0.1) is 0 Å². The Morgan fingerprint density at radius 2 is 1.76 bits per heavy atom. The monoisotopic (exact) mass is 408 g/mol. The third-order valence-electron chi connectivity index (χ3n) is 4.33. The minimum Gasteiger partial charge on any atom is -0.484 e. The lowest BCUT2D eigenvalue weighted by atomic mass is 10.1. The van der Waals surface area contributed by atoms with Crippen molar-refractivity contribution in [2.45, 2.75) is 27.2 Å². The van der Waals surface area contributed by atoms with E-state index in [1.54, 1.807) is 6.07 Å². The van der Waals surface area contributed by atoms with Gasteiger partial charge in [-0.25, -0.2) is 13.2 Å². The number of nitrogens with one attached hydrogen (secondary N) is 1. The summed E-state index contributed by atoms with van der Waals surface area (Å²) in [6.45, 7) is 5.35. The van der Waals surface area contributed by atoms with Crippen LogP contribution in [0.25, 0.3) is 0 Å². The van der Waals surface area contributed by atoms with Gasteiger partial charge in [0.2, 0.25) is 5.91 Å². The Labute approximate surface area is 167 Å². The topological polar surface area (TPSA) is 58.6 Å². The lowest BCUT2D eigenvalue weighted by Gasteiger charge is -2.22. The lowest BCUT2D eigenvalue weighted by Crippen LogP contribution is -2.41. The number of carbonyl (C=O) groups excluding carboxylic acids is 2. The van der Waals surface area contributed by atoms with Crippen molar-refractivity contribution in [2.24, 2.45) is 0 Å². The summed E-state index contributed by atoms with van der Waals surface area (Å²) in [5, 5.41) is 2.15. The second kappa shape index (κ2) is 9.95. The first-order valence-corrected chi connectivity index (χ1v) is 9.14. The molecule has 0 bridgehead atoms. The number of nitrogens with zero attached hydrogens (tertiary/aromatic N) is 1. The van der Waals surface area contributed by atoms with Crippen LogP contribution in [0.1, 0.15) is 24.5 Å². The van der Waals surface area contributed by atoms with Crippen molar-refractivity contribution < 1.29 is 27.5 Å². The molecular formula is C21H23F3N2O3. The van der Waals surface area contributed by atoms with Crippen molar-refractivity contribution in [1.82, 2.24) is 4.90 Å². The van der Waals surface area contributed by atoms with Crippen LogP contribution >= 0.6 is 0 Å². The molecule has 0 unspecified atom stereocenters. The molecule has 0 atom stereocenters. The van der Waals surface area contributed by atoms with Gasteiger partial charge in [0, 0.05) is 6.54 Å². The molecule has 0 aliphatic rings. The summed E-state index contributed by atoms with van der Waals surface area (Å²) in [4.78, 5) is 25.9. The normalized spacial score (nSPS) is 10.6. The molecule has 0 saturated heterocycles. The predicted octanol–water partition coefficient (Wildman–Crippen LogP) is 3.98. The maximum Gasteiger partial charge on any atom is 0.260 e. The van der Waals surface area contributed by atoms with Crippen LogP contribution in [0.15, 0.2) is 30.3 Å². The second-order valence-electron chi connectivity index (χ2n) is 6.62. The molecule has 1 N–H and O–H groups in total. The Morgan fingerprint density at radius 1 is 1.03 bits per heavy atom. The van der Waals surface area contributed by atoms with Gasteiger partial charge in [0.15, 0.2) is 24.1 Å². The van der Waals surface area contributed by atoms with Crippen LogP contribution in [0.4, 0.5) is 18.9 Å². The summed E-state index contributed by atoms with van der Waals surface area (Å²) in [6, 6.07) is 7.06. The molecule has 5 nitrogen and oxygen atoms in total. The highest BCUT2D eigenvalue weighted by Gasteiger charge is 2.20. The van der Waals surface area contributed by atoms with Crippen LogP contribution in [0.5, 0.6) is 5.75 Å².